The molecular weight excluding hydrogens is 574 g/mol. The first-order chi connectivity index (χ1) is 17.8. The number of halogens is 6. The number of nitrogens with zero attached hydrogens (tertiary/aromatic N) is 3. The molecule has 3 rings (SSSR count). The second kappa shape index (κ2) is 12.2. The molecule has 0 radical (unpaired) electrons. The summed E-state index contributed by atoms with van der Waals surface area (Å²) in [6.07, 6.45) is -8.00. The summed E-state index contributed by atoms with van der Waals surface area (Å²) in [7, 11) is 0. The van der Waals surface area contributed by atoms with Crippen molar-refractivity contribution in [3.8, 4) is 11.4 Å². The maximum Gasteiger partial charge on any atom is 0.416 e. The molecular formula is C23H21Cl3F3N5O4. The lowest BCUT2D eigenvalue weighted by atomic mass is 10.0. The molecule has 0 bridgehead atoms. The molecule has 0 aliphatic carbocycles. The van der Waals surface area contributed by atoms with Gasteiger partial charge in [-0.25, -0.2) is 14.3 Å². The Labute approximate surface area is 228 Å². The van der Waals surface area contributed by atoms with Crippen LogP contribution in [0.25, 0.3) is 11.4 Å². The summed E-state index contributed by atoms with van der Waals surface area (Å²) in [5.41, 5.74) is 4.87. The van der Waals surface area contributed by atoms with Crippen LogP contribution in [0.2, 0.25) is 15.1 Å². The number of rotatable bonds is 10. The normalized spacial score (nSPS) is 13.2. The van der Waals surface area contributed by atoms with Crippen LogP contribution in [0.15, 0.2) is 47.3 Å². The Morgan fingerprint density at radius 1 is 1.11 bits per heavy atom. The Morgan fingerprint density at radius 2 is 1.76 bits per heavy atom. The molecule has 2 atom stereocenters. The Morgan fingerprint density at radius 3 is 2.37 bits per heavy atom. The zero-order valence-corrected chi connectivity index (χ0v) is 21.7. The van der Waals surface area contributed by atoms with Gasteiger partial charge in [0.1, 0.15) is 6.54 Å². The number of aliphatic hydroxyl groups is 1. The van der Waals surface area contributed by atoms with Crippen LogP contribution in [0.1, 0.15) is 24.4 Å². The van der Waals surface area contributed by atoms with Gasteiger partial charge in [0.25, 0.3) is 0 Å². The second-order valence-corrected chi connectivity index (χ2v) is 9.44. The van der Waals surface area contributed by atoms with Gasteiger partial charge in [-0.3, -0.25) is 9.36 Å². The van der Waals surface area contributed by atoms with Crippen molar-refractivity contribution in [3.63, 3.8) is 0 Å². The van der Waals surface area contributed by atoms with E-state index in [4.69, 9.17) is 40.5 Å². The van der Waals surface area contributed by atoms with Crippen LogP contribution in [0.5, 0.6) is 0 Å². The Kier molecular flexibility index (Phi) is 9.47. The third kappa shape index (κ3) is 7.28. The van der Waals surface area contributed by atoms with E-state index < -0.39 is 48.9 Å². The standard InChI is InChI=1S/C23H21Cl3F3N5O4/c24-13-6-4-12(5-7-13)20-32-34(22(38)33(20)11-18(36)23(27,28)29)10-14(35)8-9-17(31-21(30)37)15-2-1-3-16(25)19(15)26/h1-7,17-18,36H,8-11H2,(H3,30,31,37)/t17?,18-/m0/s1. The van der Waals surface area contributed by atoms with Crippen LogP contribution >= 0.6 is 34.8 Å². The molecule has 4 N–H and O–H groups in total. The van der Waals surface area contributed by atoms with E-state index in [9.17, 15) is 32.7 Å². The van der Waals surface area contributed by atoms with Gasteiger partial charge in [0, 0.05) is 17.0 Å². The largest absolute Gasteiger partial charge is 0.416 e. The van der Waals surface area contributed by atoms with Gasteiger partial charge in [0.2, 0.25) is 0 Å². The van der Waals surface area contributed by atoms with Crippen LogP contribution in [-0.4, -0.2) is 43.5 Å². The number of hydrogen-bond donors (Lipinski definition) is 3. The zero-order valence-electron chi connectivity index (χ0n) is 19.4. The smallest absolute Gasteiger partial charge is 0.382 e. The lowest BCUT2D eigenvalue weighted by molar-refractivity contribution is -0.207. The highest BCUT2D eigenvalue weighted by Crippen LogP contribution is 2.32. The average molecular weight is 595 g/mol. The highest BCUT2D eigenvalue weighted by molar-refractivity contribution is 6.42. The number of primary amides is 1. The van der Waals surface area contributed by atoms with E-state index in [0.29, 0.717) is 19.8 Å². The van der Waals surface area contributed by atoms with Crippen molar-refractivity contribution in [2.75, 3.05) is 0 Å². The van der Waals surface area contributed by atoms with E-state index in [-0.39, 0.29) is 34.3 Å². The number of nitrogens with two attached hydrogens (primary N) is 1. The number of aliphatic hydroxyl groups excluding tert-OH is 1. The van der Waals surface area contributed by atoms with Gasteiger partial charge in [-0.2, -0.15) is 13.2 Å². The number of urea groups is 1. The maximum atomic E-state index is 13.0. The summed E-state index contributed by atoms with van der Waals surface area (Å²) < 4.78 is 40.4. The van der Waals surface area contributed by atoms with E-state index in [1.165, 1.54) is 30.3 Å². The molecule has 15 heteroatoms. The Bertz CT molecular complexity index is 1380. The summed E-state index contributed by atoms with van der Waals surface area (Å²) >= 11 is 18.1. The summed E-state index contributed by atoms with van der Waals surface area (Å²) in [5.74, 6) is -0.716. The molecule has 38 heavy (non-hydrogen) atoms. The molecule has 1 unspecified atom stereocenters. The van der Waals surface area contributed by atoms with Crippen molar-refractivity contribution in [2.24, 2.45) is 5.73 Å². The van der Waals surface area contributed by atoms with Crippen molar-refractivity contribution in [3.05, 3.63) is 73.6 Å². The molecule has 9 nitrogen and oxygen atoms in total. The first kappa shape index (κ1) is 29.5. The summed E-state index contributed by atoms with van der Waals surface area (Å²) in [4.78, 5) is 37.2. The topological polar surface area (TPSA) is 132 Å². The predicted molar refractivity (Wildman–Crippen MR) is 135 cm³/mol. The first-order valence-corrected chi connectivity index (χ1v) is 12.1. The van der Waals surface area contributed by atoms with Crippen LogP contribution in [-0.2, 0) is 17.9 Å². The number of benzene rings is 2. The SMILES string of the molecule is NC(=O)NC(CCC(=O)Cn1nc(-c2ccc(Cl)cc2)n(C[C@H](O)C(F)(F)F)c1=O)c1cccc(Cl)c1Cl. The number of ketones is 1. The van der Waals surface area contributed by atoms with Gasteiger partial charge in [-0.1, -0.05) is 46.9 Å². The molecule has 0 fully saturated rings. The lowest BCUT2D eigenvalue weighted by Crippen LogP contribution is -2.37. The van der Waals surface area contributed by atoms with E-state index in [1.807, 2.05) is 0 Å². The van der Waals surface area contributed by atoms with E-state index in [1.54, 1.807) is 12.1 Å². The maximum absolute atomic E-state index is 13.0. The second-order valence-electron chi connectivity index (χ2n) is 8.22. The molecule has 0 aliphatic rings. The summed E-state index contributed by atoms with van der Waals surface area (Å²) in [6.45, 7) is -1.71. The molecule has 0 saturated heterocycles. The summed E-state index contributed by atoms with van der Waals surface area (Å²) in [6, 6.07) is 8.83. The van der Waals surface area contributed by atoms with E-state index in [2.05, 4.69) is 10.4 Å². The van der Waals surface area contributed by atoms with Gasteiger partial charge in [0.05, 0.1) is 22.6 Å². The minimum Gasteiger partial charge on any atom is -0.382 e. The quantitative estimate of drug-likeness (QED) is 0.321. The molecule has 2 aromatic carbocycles. The number of amides is 2. The van der Waals surface area contributed by atoms with Gasteiger partial charge >= 0.3 is 17.9 Å². The fourth-order valence-corrected chi connectivity index (χ4v) is 4.18. The lowest BCUT2D eigenvalue weighted by Gasteiger charge is -2.19. The van der Waals surface area contributed by atoms with Crippen molar-refractivity contribution in [1.82, 2.24) is 19.7 Å². The number of carbonyl (C=O) groups excluding carboxylic acids is 2. The molecule has 2 amide bonds. The Balaban J connectivity index is 1.85. The van der Waals surface area contributed by atoms with Crippen LogP contribution in [0.3, 0.4) is 0 Å². The van der Waals surface area contributed by atoms with E-state index >= 15 is 0 Å². The number of hydrogen-bond acceptors (Lipinski definition) is 5. The van der Waals surface area contributed by atoms with Crippen LogP contribution < -0.4 is 16.7 Å². The first-order valence-electron chi connectivity index (χ1n) is 11.0. The third-order valence-electron chi connectivity index (χ3n) is 5.47. The van der Waals surface area contributed by atoms with Gasteiger partial charge in [-0.05, 0) is 42.3 Å². The number of Topliss-reactive ketones (excluding diaryl/α,β-unsaturated/α-hetero) is 1. The van der Waals surface area contributed by atoms with Crippen molar-refractivity contribution >= 4 is 46.6 Å². The van der Waals surface area contributed by atoms with Gasteiger partial charge in [0.15, 0.2) is 17.7 Å². The number of nitrogens with one attached hydrogen (secondary N) is 1. The molecule has 0 aliphatic heterocycles. The predicted octanol–water partition coefficient (Wildman–Crippen LogP) is 4.35. The fraction of sp³-hybridized carbons (Fsp3) is 0.304. The molecule has 1 heterocycles. The fourth-order valence-electron chi connectivity index (χ4n) is 3.62. The van der Waals surface area contributed by atoms with Crippen molar-refractivity contribution in [1.29, 1.82) is 0 Å². The average Bonchev–Trinajstić information content (AvgIpc) is 3.13. The van der Waals surface area contributed by atoms with Crippen molar-refractivity contribution < 1.29 is 27.9 Å². The molecule has 3 aromatic rings. The number of aromatic nitrogens is 3. The zero-order chi connectivity index (χ0) is 28.2. The monoisotopic (exact) mass is 593 g/mol. The molecule has 0 spiro atoms. The minimum absolute atomic E-state index is 0.0219. The summed E-state index contributed by atoms with van der Waals surface area (Å²) in [5, 5.41) is 16.8. The van der Waals surface area contributed by atoms with Gasteiger partial charge in [-0.15, -0.1) is 5.10 Å². The molecule has 204 valence electrons. The Hall–Kier alpha value is -3.06. The van der Waals surface area contributed by atoms with E-state index in [0.717, 1.165) is 0 Å². The van der Waals surface area contributed by atoms with Gasteiger partial charge < -0.3 is 16.2 Å². The minimum atomic E-state index is -4.99. The number of carbonyl (C=O) groups is 2. The van der Waals surface area contributed by atoms with Crippen molar-refractivity contribution in [2.45, 2.75) is 44.3 Å². The highest BCUT2D eigenvalue weighted by atomic mass is 35.5. The van der Waals surface area contributed by atoms with Crippen LogP contribution in [0.4, 0.5) is 18.0 Å². The highest BCUT2D eigenvalue weighted by Gasteiger charge is 2.39. The third-order valence-corrected chi connectivity index (χ3v) is 6.56. The van der Waals surface area contributed by atoms with Crippen LogP contribution in [0, 0.1) is 0 Å². The molecule has 1 aromatic heterocycles. The number of alkyl halides is 3. The molecule has 0 saturated carbocycles.